The van der Waals surface area contributed by atoms with Gasteiger partial charge in [0.15, 0.2) is 0 Å². The summed E-state index contributed by atoms with van der Waals surface area (Å²) in [6.07, 6.45) is -1.95. The summed E-state index contributed by atoms with van der Waals surface area (Å²) in [5, 5.41) is 0.655. The molecule has 3 N–H and O–H groups in total. The van der Waals surface area contributed by atoms with Crippen LogP contribution in [0.5, 0.6) is 0 Å². The van der Waals surface area contributed by atoms with Crippen LogP contribution in [0.4, 0.5) is 13.2 Å². The molecule has 0 radical (unpaired) electrons. The molecular weight excluding hydrogens is 333 g/mol. The summed E-state index contributed by atoms with van der Waals surface area (Å²) in [5.74, 6) is 0. The third-order valence-corrected chi connectivity index (χ3v) is 5.13. The molecule has 0 aliphatic carbocycles. The second kappa shape index (κ2) is 6.61. The molecular formula is C18H19F3N2S. The molecule has 2 nitrogen and oxygen atoms in total. The Labute approximate surface area is 142 Å². The molecule has 2 aromatic heterocycles. The first kappa shape index (κ1) is 17.0. The average molecular weight is 352 g/mol. The zero-order valence-corrected chi connectivity index (χ0v) is 14.2. The Morgan fingerprint density at radius 3 is 2.54 bits per heavy atom. The van der Waals surface area contributed by atoms with E-state index in [0.717, 1.165) is 39.9 Å². The first-order valence-electron chi connectivity index (χ1n) is 7.89. The fraction of sp³-hybridized carbons (Fsp3) is 0.333. The molecule has 0 spiro atoms. The minimum absolute atomic E-state index is 0.175. The van der Waals surface area contributed by atoms with E-state index in [1.165, 1.54) is 6.07 Å². The van der Waals surface area contributed by atoms with Gasteiger partial charge in [-0.3, -0.25) is 0 Å². The summed E-state index contributed by atoms with van der Waals surface area (Å²) in [7, 11) is 0. The van der Waals surface area contributed by atoms with Gasteiger partial charge in [-0.2, -0.15) is 13.2 Å². The number of benzene rings is 1. The highest BCUT2D eigenvalue weighted by atomic mass is 32.1. The van der Waals surface area contributed by atoms with Gasteiger partial charge in [0.05, 0.1) is 21.7 Å². The average Bonchev–Trinajstić information content (AvgIpc) is 3.10. The maximum absolute atomic E-state index is 13.3. The van der Waals surface area contributed by atoms with Crippen molar-refractivity contribution in [1.82, 2.24) is 4.98 Å². The predicted molar refractivity (Wildman–Crippen MR) is 93.3 cm³/mol. The molecule has 1 aromatic carbocycles. The van der Waals surface area contributed by atoms with Gasteiger partial charge in [-0.05, 0) is 56.5 Å². The molecule has 6 heteroatoms. The summed E-state index contributed by atoms with van der Waals surface area (Å²) < 4.78 is 40.0. The van der Waals surface area contributed by atoms with Crippen LogP contribution < -0.4 is 5.73 Å². The maximum Gasteiger partial charge on any atom is 0.418 e. The van der Waals surface area contributed by atoms with E-state index < -0.39 is 11.7 Å². The van der Waals surface area contributed by atoms with Crippen molar-refractivity contribution in [3.63, 3.8) is 0 Å². The standard InChI is InChI=1S/C18H19F3N2S/c1-11-8-9-15(24-11)17-13(5-2-3-10-22)12-6-4-7-14(16(12)23-17)18(19,20)21/h4,6-9,23H,2-3,5,10,22H2,1H3. The van der Waals surface area contributed by atoms with Gasteiger partial charge in [-0.15, -0.1) is 11.3 Å². The van der Waals surface area contributed by atoms with Gasteiger partial charge in [0.25, 0.3) is 0 Å². The van der Waals surface area contributed by atoms with Crippen molar-refractivity contribution in [2.75, 3.05) is 6.54 Å². The van der Waals surface area contributed by atoms with Crippen LogP contribution in [0.15, 0.2) is 30.3 Å². The molecule has 0 saturated heterocycles. The first-order valence-corrected chi connectivity index (χ1v) is 8.71. The highest BCUT2D eigenvalue weighted by molar-refractivity contribution is 7.15. The summed E-state index contributed by atoms with van der Waals surface area (Å²) in [6.45, 7) is 2.58. The number of aryl methyl sites for hydroxylation is 2. The lowest BCUT2D eigenvalue weighted by Gasteiger charge is -2.07. The maximum atomic E-state index is 13.3. The number of aromatic nitrogens is 1. The van der Waals surface area contributed by atoms with Gasteiger partial charge in [-0.1, -0.05) is 12.1 Å². The highest BCUT2D eigenvalue weighted by Crippen LogP contribution is 2.40. The Kier molecular flexibility index (Phi) is 4.69. The number of nitrogens with one attached hydrogen (secondary N) is 1. The van der Waals surface area contributed by atoms with Crippen LogP contribution in [0.1, 0.15) is 28.8 Å². The van der Waals surface area contributed by atoms with E-state index in [-0.39, 0.29) is 5.52 Å². The monoisotopic (exact) mass is 352 g/mol. The smallest absolute Gasteiger partial charge is 0.353 e. The van der Waals surface area contributed by atoms with Crippen molar-refractivity contribution in [2.45, 2.75) is 32.4 Å². The van der Waals surface area contributed by atoms with E-state index in [0.29, 0.717) is 18.4 Å². The number of aromatic amines is 1. The molecule has 2 heterocycles. The van der Waals surface area contributed by atoms with Crippen molar-refractivity contribution < 1.29 is 13.2 Å². The third-order valence-electron chi connectivity index (χ3n) is 4.11. The molecule has 0 aliphatic heterocycles. The van der Waals surface area contributed by atoms with E-state index in [1.807, 2.05) is 19.1 Å². The minimum Gasteiger partial charge on any atom is -0.353 e. The lowest BCUT2D eigenvalue weighted by Crippen LogP contribution is -2.05. The van der Waals surface area contributed by atoms with E-state index in [1.54, 1.807) is 17.4 Å². The molecule has 0 aliphatic rings. The molecule has 0 bridgehead atoms. The second-order valence-corrected chi connectivity index (χ2v) is 7.15. The van der Waals surface area contributed by atoms with Crippen LogP contribution in [0.2, 0.25) is 0 Å². The van der Waals surface area contributed by atoms with Crippen LogP contribution in [-0.2, 0) is 12.6 Å². The van der Waals surface area contributed by atoms with Crippen LogP contribution in [0.3, 0.4) is 0 Å². The number of halogens is 3. The number of H-pyrrole nitrogens is 1. The normalized spacial score (nSPS) is 12.2. The molecule has 128 valence electrons. The SMILES string of the molecule is Cc1ccc(-c2[nH]c3c(C(F)(F)F)cccc3c2CCCCN)s1. The van der Waals surface area contributed by atoms with Crippen molar-refractivity contribution in [3.8, 4) is 10.6 Å². The highest BCUT2D eigenvalue weighted by Gasteiger charge is 2.34. The Hall–Kier alpha value is -1.79. The van der Waals surface area contributed by atoms with Crippen molar-refractivity contribution in [3.05, 3.63) is 46.3 Å². The molecule has 3 aromatic rings. The number of para-hydroxylation sites is 1. The van der Waals surface area contributed by atoms with Gasteiger partial charge in [0.2, 0.25) is 0 Å². The molecule has 24 heavy (non-hydrogen) atoms. The fourth-order valence-electron chi connectivity index (χ4n) is 2.99. The number of fused-ring (bicyclic) bond motifs is 1. The number of alkyl halides is 3. The molecule has 0 saturated carbocycles. The summed E-state index contributed by atoms with van der Waals surface area (Å²) in [4.78, 5) is 5.16. The molecule has 0 unspecified atom stereocenters. The summed E-state index contributed by atoms with van der Waals surface area (Å²) in [6, 6.07) is 8.33. The van der Waals surface area contributed by atoms with E-state index in [4.69, 9.17) is 5.73 Å². The number of hydrogen-bond donors (Lipinski definition) is 2. The Bertz CT molecular complexity index is 846. The lowest BCUT2D eigenvalue weighted by molar-refractivity contribution is -0.136. The van der Waals surface area contributed by atoms with E-state index in [2.05, 4.69) is 4.98 Å². The Balaban J connectivity index is 2.19. The Morgan fingerprint density at radius 1 is 1.12 bits per heavy atom. The zero-order chi connectivity index (χ0) is 17.3. The Morgan fingerprint density at radius 2 is 1.92 bits per heavy atom. The number of rotatable bonds is 5. The number of nitrogens with two attached hydrogens (primary N) is 1. The van der Waals surface area contributed by atoms with Gasteiger partial charge in [0.1, 0.15) is 0 Å². The lowest BCUT2D eigenvalue weighted by atomic mass is 10.0. The third kappa shape index (κ3) is 3.21. The number of thiophene rings is 1. The van der Waals surface area contributed by atoms with E-state index in [9.17, 15) is 13.2 Å². The number of unbranched alkanes of at least 4 members (excludes halogenated alkanes) is 1. The molecule has 0 atom stereocenters. The number of hydrogen-bond acceptors (Lipinski definition) is 2. The van der Waals surface area contributed by atoms with Gasteiger partial charge in [0, 0.05) is 10.3 Å². The molecule has 3 rings (SSSR count). The van der Waals surface area contributed by atoms with Crippen LogP contribution in [0.25, 0.3) is 21.5 Å². The topological polar surface area (TPSA) is 41.8 Å². The quantitative estimate of drug-likeness (QED) is 0.585. The van der Waals surface area contributed by atoms with Crippen LogP contribution >= 0.6 is 11.3 Å². The van der Waals surface area contributed by atoms with Crippen molar-refractivity contribution in [1.29, 1.82) is 0 Å². The molecule has 0 amide bonds. The largest absolute Gasteiger partial charge is 0.418 e. The van der Waals surface area contributed by atoms with Crippen molar-refractivity contribution >= 4 is 22.2 Å². The molecule has 0 fully saturated rings. The fourth-order valence-corrected chi connectivity index (χ4v) is 3.89. The van der Waals surface area contributed by atoms with Gasteiger partial charge >= 0.3 is 6.18 Å². The van der Waals surface area contributed by atoms with E-state index >= 15 is 0 Å². The summed E-state index contributed by atoms with van der Waals surface area (Å²) in [5.41, 5.74) is 6.88. The van der Waals surface area contributed by atoms with Crippen LogP contribution in [-0.4, -0.2) is 11.5 Å². The predicted octanol–water partition coefficient (Wildman–Crippen LogP) is 5.51. The zero-order valence-electron chi connectivity index (χ0n) is 13.3. The first-order chi connectivity index (χ1) is 11.4. The summed E-state index contributed by atoms with van der Waals surface area (Å²) >= 11 is 1.59. The van der Waals surface area contributed by atoms with Crippen LogP contribution in [0, 0.1) is 6.92 Å². The van der Waals surface area contributed by atoms with Crippen molar-refractivity contribution in [2.24, 2.45) is 5.73 Å². The second-order valence-electron chi connectivity index (χ2n) is 5.86. The minimum atomic E-state index is -4.37. The van der Waals surface area contributed by atoms with Gasteiger partial charge < -0.3 is 10.7 Å². The van der Waals surface area contributed by atoms with Gasteiger partial charge in [-0.25, -0.2) is 0 Å².